The van der Waals surface area contributed by atoms with E-state index in [1.165, 1.54) is 0 Å². The molecular weight excluding hydrogens is 404 g/mol. The third-order valence-corrected chi connectivity index (χ3v) is 4.79. The highest BCUT2D eigenvalue weighted by Gasteiger charge is 2.20. The molecule has 0 unspecified atom stereocenters. The van der Waals surface area contributed by atoms with Crippen molar-refractivity contribution in [1.29, 1.82) is 0 Å². The van der Waals surface area contributed by atoms with Gasteiger partial charge in [0.1, 0.15) is 11.5 Å². The van der Waals surface area contributed by atoms with Crippen LogP contribution in [0.15, 0.2) is 84.9 Å². The quantitative estimate of drug-likeness (QED) is 0.457. The number of rotatable bonds is 10. The molecule has 3 rings (SSSR count). The highest BCUT2D eigenvalue weighted by atomic mass is 16.5. The molecule has 2 N–H and O–H groups in total. The second-order valence-corrected chi connectivity index (χ2v) is 7.21. The van der Waals surface area contributed by atoms with E-state index in [2.05, 4.69) is 10.6 Å². The van der Waals surface area contributed by atoms with Crippen molar-refractivity contribution in [2.45, 2.75) is 38.9 Å². The predicted octanol–water partition coefficient (Wildman–Crippen LogP) is 5.28. The Morgan fingerprint density at radius 1 is 0.625 bits per heavy atom. The molecule has 2 atom stereocenters. The third-order valence-electron chi connectivity index (χ3n) is 4.79. The molecule has 0 aliphatic rings. The van der Waals surface area contributed by atoms with Crippen molar-refractivity contribution in [2.24, 2.45) is 0 Å². The zero-order valence-electron chi connectivity index (χ0n) is 18.3. The van der Waals surface area contributed by atoms with Crippen LogP contribution >= 0.6 is 0 Å². The van der Waals surface area contributed by atoms with Crippen molar-refractivity contribution in [1.82, 2.24) is 0 Å². The molecule has 0 saturated heterocycles. The van der Waals surface area contributed by atoms with Crippen molar-refractivity contribution in [3.8, 4) is 11.5 Å². The van der Waals surface area contributed by atoms with Crippen LogP contribution in [-0.2, 0) is 9.59 Å². The SMILES string of the molecule is CC[C@H](Oc1ccccc1)C(=O)Nc1ccc(NC(=O)[C@@H](CC)Oc2ccccc2)cc1. The Balaban J connectivity index is 1.55. The van der Waals surface area contributed by atoms with E-state index >= 15 is 0 Å². The van der Waals surface area contributed by atoms with Crippen LogP contribution in [-0.4, -0.2) is 24.0 Å². The average Bonchev–Trinajstić information content (AvgIpc) is 2.83. The topological polar surface area (TPSA) is 76.7 Å². The summed E-state index contributed by atoms with van der Waals surface area (Å²) in [6, 6.07) is 25.5. The van der Waals surface area contributed by atoms with Gasteiger partial charge in [-0.15, -0.1) is 0 Å². The van der Waals surface area contributed by atoms with Crippen LogP contribution in [0.4, 0.5) is 11.4 Å². The number of carbonyl (C=O) groups is 2. The standard InChI is InChI=1S/C26H28N2O4/c1-3-23(31-21-11-7-5-8-12-21)25(29)27-19-15-17-20(18-16-19)28-26(30)24(4-2)32-22-13-9-6-10-14-22/h5-18,23-24H,3-4H2,1-2H3,(H,27,29)(H,28,30)/t23-,24+. The number of hydrogen-bond donors (Lipinski definition) is 2. The maximum absolute atomic E-state index is 12.6. The highest BCUT2D eigenvalue weighted by Crippen LogP contribution is 2.18. The molecule has 3 aromatic carbocycles. The number of anilines is 2. The van der Waals surface area contributed by atoms with Crippen LogP contribution in [0.5, 0.6) is 11.5 Å². The molecular formula is C26H28N2O4. The van der Waals surface area contributed by atoms with E-state index in [0.717, 1.165) is 0 Å². The summed E-state index contributed by atoms with van der Waals surface area (Å²) in [4.78, 5) is 25.2. The van der Waals surface area contributed by atoms with Gasteiger partial charge in [-0.2, -0.15) is 0 Å². The monoisotopic (exact) mass is 432 g/mol. The molecule has 0 aliphatic heterocycles. The van der Waals surface area contributed by atoms with Crippen LogP contribution in [0, 0.1) is 0 Å². The Kier molecular flexibility index (Phi) is 8.26. The largest absolute Gasteiger partial charge is 0.481 e. The minimum absolute atomic E-state index is 0.226. The van der Waals surface area contributed by atoms with Gasteiger partial charge in [0.2, 0.25) is 0 Å². The van der Waals surface area contributed by atoms with Crippen molar-refractivity contribution >= 4 is 23.2 Å². The Labute approximate surface area is 188 Å². The number of ether oxygens (including phenoxy) is 2. The van der Waals surface area contributed by atoms with Gasteiger partial charge in [0, 0.05) is 11.4 Å². The average molecular weight is 433 g/mol. The molecule has 6 nitrogen and oxygen atoms in total. The maximum atomic E-state index is 12.6. The van der Waals surface area contributed by atoms with Gasteiger partial charge < -0.3 is 20.1 Å². The molecule has 0 aliphatic carbocycles. The van der Waals surface area contributed by atoms with Gasteiger partial charge in [-0.1, -0.05) is 50.2 Å². The lowest BCUT2D eigenvalue weighted by Gasteiger charge is -2.18. The van der Waals surface area contributed by atoms with Gasteiger partial charge in [0.25, 0.3) is 11.8 Å². The molecule has 32 heavy (non-hydrogen) atoms. The smallest absolute Gasteiger partial charge is 0.265 e. The Morgan fingerprint density at radius 3 is 1.28 bits per heavy atom. The molecule has 0 bridgehead atoms. The summed E-state index contributed by atoms with van der Waals surface area (Å²) in [5, 5.41) is 5.72. The minimum Gasteiger partial charge on any atom is -0.481 e. The first-order chi connectivity index (χ1) is 15.6. The number of carbonyl (C=O) groups excluding carboxylic acids is 2. The second-order valence-electron chi connectivity index (χ2n) is 7.21. The molecule has 0 heterocycles. The molecule has 2 amide bonds. The Hall–Kier alpha value is -3.80. The lowest BCUT2D eigenvalue weighted by molar-refractivity contribution is -0.123. The van der Waals surface area contributed by atoms with Crippen molar-refractivity contribution in [3.05, 3.63) is 84.9 Å². The lowest BCUT2D eigenvalue weighted by atomic mass is 10.2. The van der Waals surface area contributed by atoms with Crippen LogP contribution in [0.3, 0.4) is 0 Å². The van der Waals surface area contributed by atoms with Gasteiger partial charge >= 0.3 is 0 Å². The van der Waals surface area contributed by atoms with E-state index in [0.29, 0.717) is 35.7 Å². The number of amides is 2. The molecule has 0 fully saturated rings. The number of para-hydroxylation sites is 2. The molecule has 3 aromatic rings. The summed E-state index contributed by atoms with van der Waals surface area (Å²) >= 11 is 0. The zero-order chi connectivity index (χ0) is 22.8. The molecule has 0 spiro atoms. The van der Waals surface area contributed by atoms with Gasteiger partial charge in [0.15, 0.2) is 12.2 Å². The molecule has 6 heteroatoms. The number of benzene rings is 3. The van der Waals surface area contributed by atoms with E-state index in [4.69, 9.17) is 9.47 Å². The zero-order valence-corrected chi connectivity index (χ0v) is 18.3. The fourth-order valence-corrected chi connectivity index (χ4v) is 3.05. The Bertz CT molecular complexity index is 909. The van der Waals surface area contributed by atoms with Gasteiger partial charge in [-0.05, 0) is 61.4 Å². The first-order valence-corrected chi connectivity index (χ1v) is 10.7. The fraction of sp³-hybridized carbons (Fsp3) is 0.231. The van der Waals surface area contributed by atoms with Gasteiger partial charge in [-0.3, -0.25) is 9.59 Å². The molecule has 0 radical (unpaired) electrons. The number of nitrogens with one attached hydrogen (secondary N) is 2. The maximum Gasteiger partial charge on any atom is 0.265 e. The van der Waals surface area contributed by atoms with Crippen molar-refractivity contribution in [2.75, 3.05) is 10.6 Å². The van der Waals surface area contributed by atoms with E-state index in [1.807, 2.05) is 74.5 Å². The molecule has 166 valence electrons. The lowest BCUT2D eigenvalue weighted by Crippen LogP contribution is -2.32. The first kappa shape index (κ1) is 22.9. The molecule has 0 saturated carbocycles. The molecule has 0 aromatic heterocycles. The predicted molar refractivity (Wildman–Crippen MR) is 126 cm³/mol. The van der Waals surface area contributed by atoms with Crippen LogP contribution in [0.25, 0.3) is 0 Å². The minimum atomic E-state index is -0.600. The highest BCUT2D eigenvalue weighted by molar-refractivity contribution is 5.96. The summed E-state index contributed by atoms with van der Waals surface area (Å²) in [7, 11) is 0. The Morgan fingerprint density at radius 2 is 0.969 bits per heavy atom. The van der Waals surface area contributed by atoms with E-state index in [-0.39, 0.29) is 11.8 Å². The number of hydrogen-bond acceptors (Lipinski definition) is 4. The summed E-state index contributed by atoms with van der Waals surface area (Å²) in [6.07, 6.45) is -0.127. The fourth-order valence-electron chi connectivity index (χ4n) is 3.05. The van der Waals surface area contributed by atoms with E-state index in [1.54, 1.807) is 24.3 Å². The van der Waals surface area contributed by atoms with Gasteiger partial charge in [0.05, 0.1) is 0 Å². The van der Waals surface area contributed by atoms with Crippen LogP contribution in [0.1, 0.15) is 26.7 Å². The van der Waals surface area contributed by atoms with E-state index < -0.39 is 12.2 Å². The van der Waals surface area contributed by atoms with Crippen molar-refractivity contribution < 1.29 is 19.1 Å². The third kappa shape index (κ3) is 6.60. The van der Waals surface area contributed by atoms with Crippen molar-refractivity contribution in [3.63, 3.8) is 0 Å². The van der Waals surface area contributed by atoms with Gasteiger partial charge in [-0.25, -0.2) is 0 Å². The van der Waals surface area contributed by atoms with E-state index in [9.17, 15) is 9.59 Å². The van der Waals surface area contributed by atoms with Crippen LogP contribution < -0.4 is 20.1 Å². The second kappa shape index (κ2) is 11.6. The summed E-state index contributed by atoms with van der Waals surface area (Å²) < 4.78 is 11.6. The first-order valence-electron chi connectivity index (χ1n) is 10.7. The summed E-state index contributed by atoms with van der Waals surface area (Å²) in [5.41, 5.74) is 1.24. The summed E-state index contributed by atoms with van der Waals surface area (Å²) in [5.74, 6) is 0.845. The normalized spacial score (nSPS) is 12.3. The van der Waals surface area contributed by atoms with Crippen LogP contribution in [0.2, 0.25) is 0 Å². The summed E-state index contributed by atoms with van der Waals surface area (Å²) in [6.45, 7) is 3.79.